The summed E-state index contributed by atoms with van der Waals surface area (Å²) >= 11 is -2.00. The van der Waals surface area contributed by atoms with Crippen molar-refractivity contribution in [2.75, 3.05) is 0 Å². The van der Waals surface area contributed by atoms with Crippen LogP contribution >= 0.6 is 24.8 Å². The van der Waals surface area contributed by atoms with E-state index in [9.17, 15) is 0 Å². The quantitative estimate of drug-likeness (QED) is 0.384. The van der Waals surface area contributed by atoms with Crippen LogP contribution in [0.1, 0.15) is 51.7 Å². The normalized spacial score (nSPS) is 15.3. The van der Waals surface area contributed by atoms with Crippen molar-refractivity contribution < 1.29 is 21.3 Å². The van der Waals surface area contributed by atoms with Gasteiger partial charge in [0.15, 0.2) is 0 Å². The van der Waals surface area contributed by atoms with Crippen LogP contribution in [0.5, 0.6) is 0 Å². The van der Waals surface area contributed by atoms with Crippen LogP contribution in [-0.4, -0.2) is 3.21 Å². The molecule has 0 radical (unpaired) electrons. The molecule has 4 rings (SSSR count). The zero-order chi connectivity index (χ0) is 19.7. The van der Waals surface area contributed by atoms with E-state index in [1.54, 1.807) is 9.77 Å². The zero-order valence-electron chi connectivity index (χ0n) is 18.2. The molecule has 0 unspecified atom stereocenters. The van der Waals surface area contributed by atoms with E-state index in [-0.39, 0.29) is 24.8 Å². The summed E-state index contributed by atoms with van der Waals surface area (Å²) in [4.78, 5) is 0. The molecule has 2 aliphatic carbocycles. The molecule has 156 valence electrons. The number of hydrogen-bond donors (Lipinski definition) is 0. The van der Waals surface area contributed by atoms with Crippen molar-refractivity contribution >= 4 is 39.2 Å². The minimum atomic E-state index is -2.00. The van der Waals surface area contributed by atoms with Crippen molar-refractivity contribution in [1.29, 1.82) is 0 Å². The first-order valence-corrected chi connectivity index (χ1v) is 13.8. The summed E-state index contributed by atoms with van der Waals surface area (Å²) in [5.41, 5.74) is 8.83. The summed E-state index contributed by atoms with van der Waals surface area (Å²) in [6.45, 7) is 9.45. The van der Waals surface area contributed by atoms with Gasteiger partial charge in [-0.3, -0.25) is 0 Å². The maximum Gasteiger partial charge on any atom is -0.147 e. The smallest absolute Gasteiger partial charge is 0.147 e. The van der Waals surface area contributed by atoms with Crippen LogP contribution in [0.2, 0.25) is 0 Å². The van der Waals surface area contributed by atoms with Crippen molar-refractivity contribution in [2.45, 2.75) is 40.5 Å². The van der Waals surface area contributed by atoms with E-state index in [2.05, 4.69) is 101 Å². The second-order valence-corrected chi connectivity index (χ2v) is 15.4. The van der Waals surface area contributed by atoms with E-state index in [1.165, 1.54) is 33.4 Å². The Morgan fingerprint density at radius 1 is 0.633 bits per heavy atom. The molecule has 0 fully saturated rings. The molecule has 0 N–H and O–H groups in total. The first-order valence-electron chi connectivity index (χ1n) is 10.1. The number of halogens is 2. The second-order valence-electron chi connectivity index (χ2n) is 8.12. The molecule has 0 aromatic heterocycles. The van der Waals surface area contributed by atoms with Crippen molar-refractivity contribution in [2.24, 2.45) is 0 Å². The van der Waals surface area contributed by atoms with E-state index in [0.717, 1.165) is 12.8 Å². The SMILES string of the molecule is CC1=[C]([Zr]([C]2=C(C)C=C(c3ccccc3)C2)=[C](C)C)CC(c2ccccc2)=C1.Cl.Cl. The summed E-state index contributed by atoms with van der Waals surface area (Å²) in [6, 6.07) is 21.8. The van der Waals surface area contributed by atoms with E-state index >= 15 is 0 Å². The number of hydrogen-bond acceptors (Lipinski definition) is 0. The first kappa shape index (κ1) is 25.0. The van der Waals surface area contributed by atoms with Crippen LogP contribution in [0.3, 0.4) is 0 Å². The van der Waals surface area contributed by atoms with Gasteiger partial charge in [0.25, 0.3) is 0 Å². The zero-order valence-corrected chi connectivity index (χ0v) is 22.2. The van der Waals surface area contributed by atoms with Gasteiger partial charge in [0, 0.05) is 0 Å². The number of allylic oxidation sites excluding steroid dienone is 8. The van der Waals surface area contributed by atoms with Gasteiger partial charge in [-0.05, 0) is 0 Å². The third-order valence-electron chi connectivity index (χ3n) is 5.86. The molecular weight excluding hydrogens is 486 g/mol. The molecule has 0 saturated carbocycles. The first-order chi connectivity index (χ1) is 13.5. The standard InChI is InChI=1S/2C12H11.C3H6.2ClH.Zr/c2*1-10-7-8-12(9-10)11-5-3-2-4-6-11;1-3-2;;;/h2*2-6,9H,8H2,1H3;1-2H3;2*1H;. The van der Waals surface area contributed by atoms with Gasteiger partial charge in [0.05, 0.1) is 0 Å². The van der Waals surface area contributed by atoms with E-state index in [0.29, 0.717) is 0 Å². The van der Waals surface area contributed by atoms with Crippen LogP contribution in [0.15, 0.2) is 90.5 Å². The average molecular weight is 517 g/mol. The van der Waals surface area contributed by atoms with Gasteiger partial charge in [-0.1, -0.05) is 0 Å². The molecule has 0 bridgehead atoms. The second kappa shape index (κ2) is 10.9. The number of rotatable bonds is 4. The molecule has 0 amide bonds. The van der Waals surface area contributed by atoms with Crippen molar-refractivity contribution in [1.82, 2.24) is 0 Å². The average Bonchev–Trinajstić information content (AvgIpc) is 3.27. The molecule has 0 nitrogen and oxygen atoms in total. The molecule has 2 aliphatic rings. The monoisotopic (exact) mass is 514 g/mol. The third-order valence-corrected chi connectivity index (χ3v) is 14.1. The molecule has 2 aromatic rings. The Balaban J connectivity index is 0.00000160. The van der Waals surface area contributed by atoms with Gasteiger partial charge in [-0.2, -0.15) is 0 Å². The van der Waals surface area contributed by atoms with Gasteiger partial charge < -0.3 is 0 Å². The fourth-order valence-corrected chi connectivity index (χ4v) is 12.5. The van der Waals surface area contributed by atoms with E-state index < -0.39 is 21.3 Å². The van der Waals surface area contributed by atoms with E-state index in [1.807, 2.05) is 0 Å². The summed E-state index contributed by atoms with van der Waals surface area (Å²) in [6.07, 6.45) is 7.19. The van der Waals surface area contributed by atoms with Gasteiger partial charge in [0.2, 0.25) is 0 Å². The van der Waals surface area contributed by atoms with Crippen LogP contribution in [0.25, 0.3) is 11.1 Å². The Labute approximate surface area is 201 Å². The van der Waals surface area contributed by atoms with Crippen molar-refractivity contribution in [3.63, 3.8) is 0 Å². The van der Waals surface area contributed by atoms with Crippen LogP contribution < -0.4 is 0 Å². The molecule has 30 heavy (non-hydrogen) atoms. The Bertz CT molecular complexity index is 983. The fourth-order valence-electron chi connectivity index (χ4n) is 4.49. The number of benzene rings is 2. The summed E-state index contributed by atoms with van der Waals surface area (Å²) in [5, 5.41) is 0. The molecule has 0 atom stereocenters. The van der Waals surface area contributed by atoms with Crippen LogP contribution in [0.4, 0.5) is 0 Å². The van der Waals surface area contributed by atoms with Gasteiger partial charge >= 0.3 is 178 Å². The molecule has 0 aliphatic heterocycles. The van der Waals surface area contributed by atoms with Crippen molar-refractivity contribution in [3.8, 4) is 0 Å². The van der Waals surface area contributed by atoms with Crippen LogP contribution in [0, 0.1) is 0 Å². The largest absolute Gasteiger partial charge is 0.147 e. The Hall–Kier alpha value is -1.27. The summed E-state index contributed by atoms with van der Waals surface area (Å²) in [7, 11) is 0. The minimum absolute atomic E-state index is 0. The predicted molar refractivity (Wildman–Crippen MR) is 134 cm³/mol. The molecule has 0 spiro atoms. The van der Waals surface area contributed by atoms with Crippen LogP contribution in [-0.2, 0) is 21.3 Å². The third kappa shape index (κ3) is 5.13. The Kier molecular flexibility index (Phi) is 9.04. The van der Waals surface area contributed by atoms with E-state index in [4.69, 9.17) is 0 Å². The van der Waals surface area contributed by atoms with Gasteiger partial charge in [0.1, 0.15) is 0 Å². The predicted octanol–water partition coefficient (Wildman–Crippen LogP) is 8.18. The Morgan fingerprint density at radius 2 is 1.00 bits per heavy atom. The molecular formula is C27H30Cl2Zr. The minimum Gasteiger partial charge on any atom is -0.147 e. The molecule has 3 heteroatoms. The molecule has 0 saturated heterocycles. The maximum atomic E-state index is 2.45. The fraction of sp³-hybridized carbons (Fsp3) is 0.222. The summed E-state index contributed by atoms with van der Waals surface area (Å²) < 4.78 is 5.24. The van der Waals surface area contributed by atoms with Gasteiger partial charge in [-0.15, -0.1) is 24.8 Å². The summed E-state index contributed by atoms with van der Waals surface area (Å²) in [5.74, 6) is 0. The molecule has 2 aromatic carbocycles. The maximum absolute atomic E-state index is 2.45. The topological polar surface area (TPSA) is 0 Å². The van der Waals surface area contributed by atoms with Gasteiger partial charge in [-0.25, -0.2) is 0 Å². The Morgan fingerprint density at radius 3 is 1.33 bits per heavy atom. The van der Waals surface area contributed by atoms with Crippen molar-refractivity contribution in [3.05, 3.63) is 102 Å². The molecule has 0 heterocycles.